The Hall–Kier alpha value is -3.94. The summed E-state index contributed by atoms with van der Waals surface area (Å²) in [6, 6.07) is 17.6. The fourth-order valence-electron chi connectivity index (χ4n) is 3.03. The number of nitrogens with one attached hydrogen (secondary N) is 1. The molecule has 29 heavy (non-hydrogen) atoms. The summed E-state index contributed by atoms with van der Waals surface area (Å²) in [7, 11) is 1.58. The quantitative estimate of drug-likeness (QED) is 0.566. The van der Waals surface area contributed by atoms with Gasteiger partial charge in [0.05, 0.1) is 13.7 Å². The number of para-hydroxylation sites is 1. The lowest BCUT2D eigenvalue weighted by atomic mass is 10.1. The first kappa shape index (κ1) is 18.4. The van der Waals surface area contributed by atoms with E-state index in [1.54, 1.807) is 43.2 Å². The summed E-state index contributed by atoms with van der Waals surface area (Å²) in [4.78, 5) is 35.6. The van der Waals surface area contributed by atoms with E-state index in [4.69, 9.17) is 4.74 Å². The number of benzene rings is 2. The van der Waals surface area contributed by atoms with Crippen molar-refractivity contribution >= 4 is 17.4 Å². The number of fused-ring (bicyclic) bond motifs is 1. The van der Waals surface area contributed by atoms with Crippen molar-refractivity contribution in [2.24, 2.45) is 0 Å². The Bertz CT molecular complexity index is 1210. The first-order chi connectivity index (χ1) is 14.0. The molecule has 2 aromatic heterocycles. The number of nitrogens with zero attached hydrogens (tertiary/aromatic N) is 4. The zero-order valence-corrected chi connectivity index (χ0v) is 16.0. The Balaban J connectivity index is 1.72. The third-order valence-corrected chi connectivity index (χ3v) is 4.46. The van der Waals surface area contributed by atoms with Crippen molar-refractivity contribution in [1.29, 1.82) is 0 Å². The van der Waals surface area contributed by atoms with Gasteiger partial charge in [-0.15, -0.1) is 0 Å². The lowest BCUT2D eigenvalue weighted by Crippen LogP contribution is -2.31. The molecule has 0 atom stereocenters. The van der Waals surface area contributed by atoms with Crippen LogP contribution in [0.3, 0.4) is 0 Å². The number of anilines is 1. The van der Waals surface area contributed by atoms with Crippen LogP contribution >= 0.6 is 0 Å². The van der Waals surface area contributed by atoms with Gasteiger partial charge in [0, 0.05) is 23.0 Å². The average Bonchev–Trinajstić information content (AvgIpc) is 3.15. The van der Waals surface area contributed by atoms with Crippen LogP contribution in [-0.2, 0) is 6.54 Å². The maximum absolute atomic E-state index is 13.2. The number of hydrogen-bond donors (Lipinski definition) is 1. The largest absolute Gasteiger partial charge is 0.497 e. The highest BCUT2D eigenvalue weighted by Gasteiger charge is 2.20. The number of hydrogen-bond acceptors (Lipinski definition) is 5. The topological polar surface area (TPSA) is 92.6 Å². The van der Waals surface area contributed by atoms with Crippen LogP contribution in [0, 0.1) is 6.92 Å². The summed E-state index contributed by atoms with van der Waals surface area (Å²) < 4.78 is 6.43. The van der Waals surface area contributed by atoms with E-state index in [0.29, 0.717) is 28.5 Å². The number of carbonyl (C=O) groups excluding carboxylic acids is 1. The number of aromatic amines is 1. The first-order valence-corrected chi connectivity index (χ1v) is 9.01. The lowest BCUT2D eigenvalue weighted by molar-refractivity contribution is 0.0984. The highest BCUT2D eigenvalue weighted by Crippen LogP contribution is 2.20. The van der Waals surface area contributed by atoms with Gasteiger partial charge in [0.1, 0.15) is 11.6 Å². The van der Waals surface area contributed by atoms with E-state index in [0.717, 1.165) is 0 Å². The number of aromatic nitrogens is 4. The second-order valence-corrected chi connectivity index (χ2v) is 6.50. The molecule has 1 amide bonds. The summed E-state index contributed by atoms with van der Waals surface area (Å²) in [5, 5.41) is 2.93. The molecule has 0 aliphatic carbocycles. The minimum Gasteiger partial charge on any atom is -0.497 e. The normalized spacial score (nSPS) is 10.8. The SMILES string of the molecule is COc1ccc(C(=O)N(Cc2nc3nc(C)cc(=O)n3[nH]2)c2ccccc2)cc1. The van der Waals surface area contributed by atoms with Gasteiger partial charge in [-0.3, -0.25) is 14.7 Å². The summed E-state index contributed by atoms with van der Waals surface area (Å²) >= 11 is 0. The molecule has 2 heterocycles. The number of amides is 1. The molecule has 0 saturated carbocycles. The van der Waals surface area contributed by atoms with E-state index in [-0.39, 0.29) is 23.8 Å². The van der Waals surface area contributed by atoms with Gasteiger partial charge < -0.3 is 9.64 Å². The van der Waals surface area contributed by atoms with Gasteiger partial charge in [-0.2, -0.15) is 9.50 Å². The molecule has 0 fully saturated rings. The van der Waals surface area contributed by atoms with E-state index < -0.39 is 0 Å². The minimum atomic E-state index is -0.251. The van der Waals surface area contributed by atoms with E-state index in [2.05, 4.69) is 15.1 Å². The van der Waals surface area contributed by atoms with Crippen LogP contribution in [-0.4, -0.2) is 32.6 Å². The van der Waals surface area contributed by atoms with Gasteiger partial charge >= 0.3 is 0 Å². The molecule has 146 valence electrons. The molecule has 4 rings (SSSR count). The molecule has 0 spiro atoms. The van der Waals surface area contributed by atoms with Crippen LogP contribution in [0.2, 0.25) is 0 Å². The molecule has 0 aliphatic heterocycles. The standard InChI is InChI=1S/C21H19N5O3/c1-14-12-19(27)26-21(22-14)23-18(24-26)13-25(16-6-4-3-5-7-16)20(28)15-8-10-17(29-2)11-9-15/h3-12H,13H2,1-2H3,(H,22,23,24). The molecule has 8 heteroatoms. The smallest absolute Gasteiger partial charge is 0.274 e. The van der Waals surface area contributed by atoms with Crippen molar-refractivity contribution in [3.63, 3.8) is 0 Å². The third kappa shape index (κ3) is 3.73. The molecule has 4 aromatic rings. The van der Waals surface area contributed by atoms with E-state index >= 15 is 0 Å². The number of H-pyrrole nitrogens is 1. The molecule has 0 bridgehead atoms. The van der Waals surface area contributed by atoms with Crippen LogP contribution in [0.15, 0.2) is 65.5 Å². The van der Waals surface area contributed by atoms with Crippen LogP contribution < -0.4 is 15.2 Å². The van der Waals surface area contributed by atoms with Gasteiger partial charge in [0.2, 0.25) is 0 Å². The average molecular weight is 389 g/mol. The molecule has 0 aliphatic rings. The van der Waals surface area contributed by atoms with Crippen molar-refractivity contribution in [1.82, 2.24) is 19.6 Å². The van der Waals surface area contributed by atoms with Gasteiger partial charge in [-0.25, -0.2) is 4.98 Å². The van der Waals surface area contributed by atoms with E-state index in [1.165, 1.54) is 10.6 Å². The molecule has 2 aromatic carbocycles. The second kappa shape index (κ2) is 7.59. The monoisotopic (exact) mass is 389 g/mol. The molecule has 0 radical (unpaired) electrons. The maximum atomic E-state index is 13.2. The molecule has 0 saturated heterocycles. The number of ether oxygens (including phenoxy) is 1. The van der Waals surface area contributed by atoms with Crippen LogP contribution in [0.1, 0.15) is 21.9 Å². The number of carbonyl (C=O) groups is 1. The third-order valence-electron chi connectivity index (χ3n) is 4.46. The highest BCUT2D eigenvalue weighted by atomic mass is 16.5. The fraction of sp³-hybridized carbons (Fsp3) is 0.143. The van der Waals surface area contributed by atoms with Gasteiger partial charge in [0.15, 0.2) is 0 Å². The van der Waals surface area contributed by atoms with Crippen molar-refractivity contribution in [2.75, 3.05) is 12.0 Å². The van der Waals surface area contributed by atoms with E-state index in [1.807, 2.05) is 30.3 Å². The van der Waals surface area contributed by atoms with Gasteiger partial charge in [0.25, 0.3) is 17.2 Å². The fourth-order valence-corrected chi connectivity index (χ4v) is 3.03. The number of methoxy groups -OCH3 is 1. The predicted molar refractivity (Wildman–Crippen MR) is 108 cm³/mol. The summed E-state index contributed by atoms with van der Waals surface area (Å²) in [5.74, 6) is 1.20. The molecule has 8 nitrogen and oxygen atoms in total. The van der Waals surface area contributed by atoms with Gasteiger partial charge in [-0.05, 0) is 43.3 Å². The minimum absolute atomic E-state index is 0.150. The zero-order valence-electron chi connectivity index (χ0n) is 16.0. The van der Waals surface area contributed by atoms with Crippen molar-refractivity contribution in [2.45, 2.75) is 13.5 Å². The Morgan fingerprint density at radius 1 is 1.10 bits per heavy atom. The molecule has 0 unspecified atom stereocenters. The Kier molecular flexibility index (Phi) is 4.82. The summed E-state index contributed by atoms with van der Waals surface area (Å²) in [6.07, 6.45) is 0. The Morgan fingerprint density at radius 2 is 1.83 bits per heavy atom. The van der Waals surface area contributed by atoms with Crippen molar-refractivity contribution < 1.29 is 9.53 Å². The molecule has 1 N–H and O–H groups in total. The number of rotatable bonds is 5. The Morgan fingerprint density at radius 3 is 2.52 bits per heavy atom. The van der Waals surface area contributed by atoms with E-state index in [9.17, 15) is 9.59 Å². The van der Waals surface area contributed by atoms with Crippen LogP contribution in [0.5, 0.6) is 5.75 Å². The van der Waals surface area contributed by atoms with Gasteiger partial charge in [-0.1, -0.05) is 18.2 Å². The van der Waals surface area contributed by atoms with Crippen LogP contribution in [0.25, 0.3) is 5.78 Å². The molecular weight excluding hydrogens is 370 g/mol. The summed E-state index contributed by atoms with van der Waals surface area (Å²) in [5.41, 5.74) is 1.56. The maximum Gasteiger partial charge on any atom is 0.274 e. The second-order valence-electron chi connectivity index (χ2n) is 6.50. The lowest BCUT2D eigenvalue weighted by Gasteiger charge is -2.22. The first-order valence-electron chi connectivity index (χ1n) is 9.01. The predicted octanol–water partition coefficient (Wildman–Crippen LogP) is 2.58. The molecular formula is C21H19N5O3. The number of aryl methyl sites for hydroxylation is 1. The highest BCUT2D eigenvalue weighted by molar-refractivity contribution is 6.06. The van der Waals surface area contributed by atoms with Crippen LogP contribution in [0.4, 0.5) is 5.69 Å². The van der Waals surface area contributed by atoms with Crippen molar-refractivity contribution in [3.05, 3.63) is 88.1 Å². The zero-order chi connectivity index (χ0) is 20.4. The Labute approximate surface area is 166 Å². The van der Waals surface area contributed by atoms with Crippen molar-refractivity contribution in [3.8, 4) is 5.75 Å². The summed E-state index contributed by atoms with van der Waals surface area (Å²) in [6.45, 7) is 1.88.